The van der Waals surface area contributed by atoms with E-state index in [1.807, 2.05) is 6.92 Å². The molecule has 0 saturated carbocycles. The Hall–Kier alpha value is -0.690. The third-order valence-corrected chi connectivity index (χ3v) is 3.92. The Kier molecular flexibility index (Phi) is 5.32. The Morgan fingerprint density at radius 1 is 1.59 bits per heavy atom. The first kappa shape index (κ1) is 14.4. The van der Waals surface area contributed by atoms with Gasteiger partial charge in [-0.3, -0.25) is 0 Å². The third-order valence-electron chi connectivity index (χ3n) is 2.19. The lowest BCUT2D eigenvalue weighted by Crippen LogP contribution is -2.37. The van der Waals surface area contributed by atoms with Crippen LogP contribution in [0.2, 0.25) is 5.15 Å². The lowest BCUT2D eigenvalue weighted by molar-refractivity contribution is 0.173. The van der Waals surface area contributed by atoms with Gasteiger partial charge in [0.05, 0.1) is 11.5 Å². The average molecular weight is 279 g/mol. The summed E-state index contributed by atoms with van der Waals surface area (Å²) in [5.41, 5.74) is 0. The van der Waals surface area contributed by atoms with Crippen molar-refractivity contribution in [2.45, 2.75) is 24.3 Å². The van der Waals surface area contributed by atoms with E-state index in [0.29, 0.717) is 13.0 Å². The van der Waals surface area contributed by atoms with Crippen molar-refractivity contribution >= 4 is 21.6 Å². The molecule has 5 nitrogen and oxygen atoms in total. The molecule has 17 heavy (non-hydrogen) atoms. The maximum absolute atomic E-state index is 12.0. The molecule has 0 fully saturated rings. The van der Waals surface area contributed by atoms with E-state index in [-0.39, 0.29) is 16.1 Å². The van der Waals surface area contributed by atoms with Crippen molar-refractivity contribution in [2.75, 3.05) is 13.7 Å². The molecule has 0 aromatic carbocycles. The molecular formula is C10H15ClN2O3S. The van der Waals surface area contributed by atoms with Gasteiger partial charge in [-0.1, -0.05) is 18.5 Å². The molecule has 96 valence electrons. The Labute approximate surface area is 106 Å². The summed E-state index contributed by atoms with van der Waals surface area (Å²) in [5.74, 6) is 0. The van der Waals surface area contributed by atoms with E-state index < -0.39 is 10.0 Å². The number of sulfonamides is 1. The summed E-state index contributed by atoms with van der Waals surface area (Å²) in [6.45, 7) is 2.21. The Morgan fingerprint density at radius 3 is 2.82 bits per heavy atom. The van der Waals surface area contributed by atoms with Crippen LogP contribution in [0.5, 0.6) is 0 Å². The summed E-state index contributed by atoms with van der Waals surface area (Å²) in [7, 11) is -2.04. The van der Waals surface area contributed by atoms with Crippen molar-refractivity contribution in [3.63, 3.8) is 0 Å². The van der Waals surface area contributed by atoms with Gasteiger partial charge in [-0.15, -0.1) is 0 Å². The monoisotopic (exact) mass is 278 g/mol. The van der Waals surface area contributed by atoms with E-state index in [4.69, 9.17) is 16.3 Å². The summed E-state index contributed by atoms with van der Waals surface area (Å²) in [4.78, 5) is 3.84. The highest BCUT2D eigenvalue weighted by Gasteiger charge is 2.19. The number of ether oxygens (including phenoxy) is 1. The number of hydrogen-bond acceptors (Lipinski definition) is 4. The molecule has 1 rings (SSSR count). The molecule has 1 aromatic heterocycles. The van der Waals surface area contributed by atoms with E-state index in [1.54, 1.807) is 0 Å². The number of rotatable bonds is 6. The Balaban J connectivity index is 2.88. The molecule has 0 aliphatic carbocycles. The fourth-order valence-corrected chi connectivity index (χ4v) is 2.83. The van der Waals surface area contributed by atoms with Crippen molar-refractivity contribution in [3.8, 4) is 0 Å². The Bertz CT molecular complexity index is 464. The van der Waals surface area contributed by atoms with Crippen LogP contribution in [-0.4, -0.2) is 33.2 Å². The van der Waals surface area contributed by atoms with Gasteiger partial charge in [0.1, 0.15) is 5.15 Å². The molecule has 1 N–H and O–H groups in total. The summed E-state index contributed by atoms with van der Waals surface area (Å²) in [5, 5.41) is 0.146. The first-order valence-corrected chi connectivity index (χ1v) is 6.98. The number of hydrogen-bond donors (Lipinski definition) is 1. The standard InChI is InChI=1S/C10H15ClN2O3S/c1-3-8(7-16-2)13-17(14,15)9-4-5-12-10(11)6-9/h4-6,8,13H,3,7H2,1-2H3. The van der Waals surface area contributed by atoms with Crippen LogP contribution in [0, 0.1) is 0 Å². The van der Waals surface area contributed by atoms with Gasteiger partial charge in [-0.25, -0.2) is 18.1 Å². The lowest BCUT2D eigenvalue weighted by atomic mass is 10.3. The predicted molar refractivity (Wildman–Crippen MR) is 65.5 cm³/mol. The van der Waals surface area contributed by atoms with Crippen LogP contribution >= 0.6 is 11.6 Å². The van der Waals surface area contributed by atoms with Crippen LogP contribution < -0.4 is 4.72 Å². The van der Waals surface area contributed by atoms with Crippen molar-refractivity contribution < 1.29 is 13.2 Å². The predicted octanol–water partition coefficient (Wildman–Crippen LogP) is 1.44. The minimum atomic E-state index is -3.57. The third kappa shape index (κ3) is 4.23. The van der Waals surface area contributed by atoms with Gasteiger partial charge in [0.15, 0.2) is 0 Å². The normalized spacial score (nSPS) is 13.6. The van der Waals surface area contributed by atoms with E-state index in [2.05, 4.69) is 9.71 Å². The first-order valence-electron chi connectivity index (χ1n) is 5.12. The summed E-state index contributed by atoms with van der Waals surface area (Å²) in [6.07, 6.45) is 2.00. The van der Waals surface area contributed by atoms with Crippen LogP contribution in [0.1, 0.15) is 13.3 Å². The van der Waals surface area contributed by atoms with Crippen LogP contribution in [-0.2, 0) is 14.8 Å². The number of aromatic nitrogens is 1. The molecule has 1 atom stereocenters. The highest BCUT2D eigenvalue weighted by atomic mass is 35.5. The molecule has 0 amide bonds. The van der Waals surface area contributed by atoms with Crippen molar-refractivity contribution in [2.24, 2.45) is 0 Å². The van der Waals surface area contributed by atoms with Crippen molar-refractivity contribution in [3.05, 3.63) is 23.5 Å². The number of nitrogens with one attached hydrogen (secondary N) is 1. The van der Waals surface area contributed by atoms with Crippen LogP contribution in [0.25, 0.3) is 0 Å². The molecule has 1 unspecified atom stereocenters. The van der Waals surface area contributed by atoms with E-state index in [0.717, 1.165) is 0 Å². The second-order valence-corrected chi connectivity index (χ2v) is 5.60. The lowest BCUT2D eigenvalue weighted by Gasteiger charge is -2.15. The van der Waals surface area contributed by atoms with Gasteiger partial charge >= 0.3 is 0 Å². The van der Waals surface area contributed by atoms with Crippen molar-refractivity contribution in [1.82, 2.24) is 9.71 Å². The van der Waals surface area contributed by atoms with Crippen molar-refractivity contribution in [1.29, 1.82) is 0 Å². The topological polar surface area (TPSA) is 68.3 Å². The summed E-state index contributed by atoms with van der Waals surface area (Å²) >= 11 is 5.65. The minimum Gasteiger partial charge on any atom is -0.383 e. The minimum absolute atomic E-state index is 0.104. The molecule has 0 radical (unpaired) electrons. The molecular weight excluding hydrogens is 264 g/mol. The maximum atomic E-state index is 12.0. The quantitative estimate of drug-likeness (QED) is 0.800. The molecule has 1 heterocycles. The van der Waals surface area contributed by atoms with E-state index in [1.165, 1.54) is 25.4 Å². The van der Waals surface area contributed by atoms with Gasteiger partial charge < -0.3 is 4.74 Å². The SMILES string of the molecule is CCC(COC)NS(=O)(=O)c1ccnc(Cl)c1. The molecule has 7 heteroatoms. The number of methoxy groups -OCH3 is 1. The fraction of sp³-hybridized carbons (Fsp3) is 0.500. The summed E-state index contributed by atoms with van der Waals surface area (Å²) in [6, 6.07) is 2.45. The maximum Gasteiger partial charge on any atom is 0.241 e. The zero-order valence-electron chi connectivity index (χ0n) is 9.68. The molecule has 0 bridgehead atoms. The number of halogens is 1. The largest absolute Gasteiger partial charge is 0.383 e. The van der Waals surface area contributed by atoms with Gasteiger partial charge in [0, 0.05) is 19.3 Å². The van der Waals surface area contributed by atoms with Crippen LogP contribution in [0.3, 0.4) is 0 Å². The van der Waals surface area contributed by atoms with Gasteiger partial charge in [0.25, 0.3) is 0 Å². The Morgan fingerprint density at radius 2 is 2.29 bits per heavy atom. The second kappa shape index (κ2) is 6.30. The fourth-order valence-electron chi connectivity index (χ4n) is 1.28. The molecule has 0 spiro atoms. The number of nitrogens with zero attached hydrogens (tertiary/aromatic N) is 1. The first-order chi connectivity index (χ1) is 7.99. The zero-order valence-corrected chi connectivity index (χ0v) is 11.3. The van der Waals surface area contributed by atoms with Crippen LogP contribution in [0.15, 0.2) is 23.2 Å². The van der Waals surface area contributed by atoms with E-state index in [9.17, 15) is 8.42 Å². The van der Waals surface area contributed by atoms with Gasteiger partial charge in [-0.2, -0.15) is 0 Å². The molecule has 0 aliphatic rings. The van der Waals surface area contributed by atoms with Gasteiger partial charge in [-0.05, 0) is 18.6 Å². The zero-order chi connectivity index (χ0) is 12.9. The highest BCUT2D eigenvalue weighted by molar-refractivity contribution is 7.89. The smallest absolute Gasteiger partial charge is 0.241 e. The second-order valence-electron chi connectivity index (χ2n) is 3.50. The number of pyridine rings is 1. The van der Waals surface area contributed by atoms with E-state index >= 15 is 0 Å². The van der Waals surface area contributed by atoms with Crippen LogP contribution in [0.4, 0.5) is 0 Å². The average Bonchev–Trinajstić information content (AvgIpc) is 2.28. The molecule has 0 saturated heterocycles. The molecule has 1 aromatic rings. The molecule has 0 aliphatic heterocycles. The van der Waals surface area contributed by atoms with Gasteiger partial charge in [0.2, 0.25) is 10.0 Å². The highest BCUT2D eigenvalue weighted by Crippen LogP contribution is 2.13. The summed E-state index contributed by atoms with van der Waals surface area (Å²) < 4.78 is 31.4.